The van der Waals surface area contributed by atoms with E-state index in [1.54, 1.807) is 0 Å². The Labute approximate surface area is 156 Å². The summed E-state index contributed by atoms with van der Waals surface area (Å²) in [5.41, 5.74) is -1.05. The number of esters is 1. The zero-order valence-electron chi connectivity index (χ0n) is 14.0. The fourth-order valence-electron chi connectivity index (χ4n) is 1.74. The molecular weight excluding hydrogens is 455 g/mol. The van der Waals surface area contributed by atoms with Crippen molar-refractivity contribution in [2.45, 2.75) is 23.3 Å². The first kappa shape index (κ1) is 24.6. The van der Waals surface area contributed by atoms with Gasteiger partial charge in [0.1, 0.15) is 11.3 Å². The van der Waals surface area contributed by atoms with Crippen LogP contribution >= 0.6 is 0 Å². The summed E-state index contributed by atoms with van der Waals surface area (Å²) in [5, 5.41) is -7.09. The maximum absolute atomic E-state index is 13.7. The summed E-state index contributed by atoms with van der Waals surface area (Å²) < 4.78 is 152. The molecule has 0 aromatic heterocycles. The van der Waals surface area contributed by atoms with Gasteiger partial charge in [0, 0.05) is 0 Å². The van der Waals surface area contributed by atoms with Crippen molar-refractivity contribution in [3.63, 3.8) is 0 Å². The second-order valence-corrected chi connectivity index (χ2v) is 6.61. The molecule has 29 heavy (non-hydrogen) atoms. The lowest BCUT2D eigenvalue weighted by atomic mass is 10.1. The lowest BCUT2D eigenvalue weighted by molar-refractivity contribution is -0.382. The molecule has 1 aromatic rings. The minimum absolute atomic E-state index is 0.433. The van der Waals surface area contributed by atoms with Gasteiger partial charge in [-0.3, -0.25) is 0 Å². The minimum atomic E-state index is -7.48. The number of carbonyl (C=O) groups is 1. The largest absolute Gasteiger partial charge is 0.496 e. The number of carbonyl (C=O) groups excluding carboxylic acids is 1. The Morgan fingerprint density at radius 1 is 0.862 bits per heavy atom. The van der Waals surface area contributed by atoms with E-state index in [2.05, 4.69) is 13.7 Å². The van der Waals surface area contributed by atoms with Gasteiger partial charge in [-0.2, -0.15) is 47.9 Å². The summed E-state index contributed by atoms with van der Waals surface area (Å²) in [6.07, 6.45) is -7.23. The van der Waals surface area contributed by atoms with Crippen LogP contribution in [-0.4, -0.2) is 51.9 Å². The number of alkyl halides is 9. The van der Waals surface area contributed by atoms with Crippen molar-refractivity contribution in [3.05, 3.63) is 23.8 Å². The van der Waals surface area contributed by atoms with Gasteiger partial charge in [0.05, 0.1) is 14.2 Å². The van der Waals surface area contributed by atoms with Crippen molar-refractivity contribution in [2.75, 3.05) is 14.2 Å². The van der Waals surface area contributed by atoms with E-state index < -0.39 is 56.4 Å². The molecule has 0 spiro atoms. The van der Waals surface area contributed by atoms with Gasteiger partial charge >= 0.3 is 39.4 Å². The molecule has 0 aliphatic heterocycles. The van der Waals surface area contributed by atoms with Crippen molar-refractivity contribution in [1.82, 2.24) is 0 Å². The standard InChI is InChI=1S/C13H9F9O6S/c1-26-6-4-3-5-7(8(6)9(23)27-2)28-29(24,25)13(21,22)11(16,17)10(14,15)12(18,19)20/h3-5H,1-2H3. The highest BCUT2D eigenvalue weighted by atomic mass is 32.2. The van der Waals surface area contributed by atoms with Crippen molar-refractivity contribution in [2.24, 2.45) is 0 Å². The summed E-state index contributed by atoms with van der Waals surface area (Å²) in [6.45, 7) is 0. The van der Waals surface area contributed by atoms with Crippen LogP contribution in [0.1, 0.15) is 10.4 Å². The Morgan fingerprint density at radius 2 is 1.34 bits per heavy atom. The summed E-state index contributed by atoms with van der Waals surface area (Å²) in [4.78, 5) is 11.7. The molecule has 0 aliphatic carbocycles. The monoisotopic (exact) mass is 464 g/mol. The molecule has 0 aliphatic rings. The molecule has 6 nitrogen and oxygen atoms in total. The van der Waals surface area contributed by atoms with E-state index in [0.717, 1.165) is 26.4 Å². The maximum Gasteiger partial charge on any atom is 0.460 e. The predicted octanol–water partition coefficient (Wildman–Crippen LogP) is 3.62. The van der Waals surface area contributed by atoms with E-state index in [-0.39, 0.29) is 0 Å². The smallest absolute Gasteiger partial charge is 0.460 e. The van der Waals surface area contributed by atoms with Crippen LogP contribution in [0.25, 0.3) is 0 Å². The summed E-state index contributed by atoms with van der Waals surface area (Å²) in [5.74, 6) is -18.5. The van der Waals surface area contributed by atoms with Crippen molar-refractivity contribution in [1.29, 1.82) is 0 Å². The second-order valence-electron chi connectivity index (χ2n) is 5.03. The van der Waals surface area contributed by atoms with Crippen molar-refractivity contribution >= 4 is 16.1 Å². The van der Waals surface area contributed by atoms with Gasteiger partial charge in [-0.1, -0.05) is 6.07 Å². The van der Waals surface area contributed by atoms with Crippen LogP contribution in [0, 0.1) is 0 Å². The Balaban J connectivity index is 3.57. The first-order valence-electron chi connectivity index (χ1n) is 6.78. The van der Waals surface area contributed by atoms with Gasteiger partial charge in [-0.05, 0) is 12.1 Å². The molecule has 0 amide bonds. The van der Waals surface area contributed by atoms with E-state index in [1.807, 2.05) is 0 Å². The molecule has 0 saturated carbocycles. The second kappa shape index (κ2) is 7.46. The zero-order valence-corrected chi connectivity index (χ0v) is 14.8. The Bertz CT molecular complexity index is 879. The summed E-state index contributed by atoms with van der Waals surface area (Å²) in [6, 6.07) is 2.18. The van der Waals surface area contributed by atoms with E-state index >= 15 is 0 Å². The number of methoxy groups -OCH3 is 2. The van der Waals surface area contributed by atoms with Crippen LogP contribution in [0.2, 0.25) is 0 Å². The molecule has 16 heteroatoms. The van der Waals surface area contributed by atoms with E-state index in [0.29, 0.717) is 6.07 Å². The molecule has 0 atom stereocenters. The highest BCUT2D eigenvalue weighted by Gasteiger charge is 2.86. The molecule has 1 aromatic carbocycles. The molecule has 0 bridgehead atoms. The number of rotatable bonds is 7. The van der Waals surface area contributed by atoms with Crippen LogP contribution in [0.3, 0.4) is 0 Å². The SMILES string of the molecule is COC(=O)c1c(OC)cccc1OS(=O)(=O)C(F)(F)C(F)(F)C(F)(F)C(F)(F)F. The average molecular weight is 464 g/mol. The molecule has 166 valence electrons. The van der Waals surface area contributed by atoms with Crippen LogP contribution in [-0.2, 0) is 14.9 Å². The predicted molar refractivity (Wildman–Crippen MR) is 74.8 cm³/mol. The highest BCUT2D eigenvalue weighted by molar-refractivity contribution is 7.88. The molecule has 0 heterocycles. The van der Waals surface area contributed by atoms with E-state index in [4.69, 9.17) is 0 Å². The van der Waals surface area contributed by atoms with Crippen LogP contribution in [0.15, 0.2) is 18.2 Å². The van der Waals surface area contributed by atoms with Gasteiger partial charge in [0.2, 0.25) is 0 Å². The number of hydrogen-bond donors (Lipinski definition) is 0. The fourth-order valence-corrected chi connectivity index (χ4v) is 2.66. The Kier molecular flexibility index (Phi) is 6.34. The Morgan fingerprint density at radius 3 is 1.76 bits per heavy atom. The first-order valence-corrected chi connectivity index (χ1v) is 8.19. The first-order chi connectivity index (χ1) is 12.9. The normalized spacial score (nSPS) is 13.8. The lowest BCUT2D eigenvalue weighted by Gasteiger charge is -2.32. The quantitative estimate of drug-likeness (QED) is 0.349. The lowest BCUT2D eigenvalue weighted by Crippen LogP contribution is -2.63. The van der Waals surface area contributed by atoms with Crippen LogP contribution in [0.4, 0.5) is 39.5 Å². The summed E-state index contributed by atoms with van der Waals surface area (Å²) >= 11 is 0. The zero-order chi connectivity index (χ0) is 23.1. The number of hydrogen-bond acceptors (Lipinski definition) is 6. The third-order valence-corrected chi connectivity index (χ3v) is 4.51. The third-order valence-electron chi connectivity index (χ3n) is 3.23. The highest BCUT2D eigenvalue weighted by Crippen LogP contribution is 2.55. The molecular formula is C13H9F9O6S. The topological polar surface area (TPSA) is 78.9 Å². The molecule has 0 unspecified atom stereocenters. The number of ether oxygens (including phenoxy) is 2. The molecule has 0 radical (unpaired) electrons. The van der Waals surface area contributed by atoms with E-state index in [9.17, 15) is 52.7 Å². The van der Waals surface area contributed by atoms with Crippen LogP contribution < -0.4 is 8.92 Å². The fraction of sp³-hybridized carbons (Fsp3) is 0.462. The maximum atomic E-state index is 13.7. The van der Waals surface area contributed by atoms with Crippen molar-refractivity contribution < 1.29 is 66.4 Å². The molecule has 0 N–H and O–H groups in total. The van der Waals surface area contributed by atoms with Crippen molar-refractivity contribution in [3.8, 4) is 11.5 Å². The number of halogens is 9. The van der Waals surface area contributed by atoms with Gasteiger partial charge in [-0.15, -0.1) is 0 Å². The minimum Gasteiger partial charge on any atom is -0.496 e. The molecule has 0 saturated heterocycles. The van der Waals surface area contributed by atoms with Gasteiger partial charge in [0.15, 0.2) is 5.75 Å². The van der Waals surface area contributed by atoms with E-state index in [1.165, 1.54) is 0 Å². The summed E-state index contributed by atoms with van der Waals surface area (Å²) in [7, 11) is -5.61. The Hall–Kier alpha value is -2.39. The number of benzene rings is 1. The van der Waals surface area contributed by atoms with Gasteiger partial charge in [-0.25, -0.2) is 4.79 Å². The third kappa shape index (κ3) is 3.89. The molecule has 1 rings (SSSR count). The van der Waals surface area contributed by atoms with Gasteiger partial charge in [0.25, 0.3) is 0 Å². The molecule has 0 fully saturated rings. The van der Waals surface area contributed by atoms with Gasteiger partial charge < -0.3 is 13.7 Å². The average Bonchev–Trinajstić information content (AvgIpc) is 2.58. The van der Waals surface area contributed by atoms with Crippen LogP contribution in [0.5, 0.6) is 11.5 Å².